The minimum absolute atomic E-state index is 0.272. The van der Waals surface area contributed by atoms with E-state index in [4.69, 9.17) is 9.47 Å². The molecule has 5 aliphatic rings. The van der Waals surface area contributed by atoms with Gasteiger partial charge in [-0.05, 0) is 86.4 Å². The average molecular weight is 359 g/mol. The molecule has 5 rings (SSSR count). The largest absolute Gasteiger partial charge is 0.341 e. The van der Waals surface area contributed by atoms with Crippen molar-refractivity contribution in [2.24, 2.45) is 40.4 Å². The molecule has 1 saturated heterocycles. The third-order valence-electron chi connectivity index (χ3n) is 9.78. The lowest BCUT2D eigenvalue weighted by Crippen LogP contribution is -2.56. The monoisotopic (exact) mass is 358 g/mol. The zero-order valence-electron chi connectivity index (χ0n) is 16.6. The van der Waals surface area contributed by atoms with E-state index in [2.05, 4.69) is 13.8 Å². The van der Waals surface area contributed by atoms with Crippen LogP contribution in [0.2, 0.25) is 0 Å². The molecule has 0 aromatic rings. The van der Waals surface area contributed by atoms with E-state index in [9.17, 15) is 4.79 Å². The van der Waals surface area contributed by atoms with Gasteiger partial charge in [-0.15, -0.1) is 0 Å². The van der Waals surface area contributed by atoms with Crippen molar-refractivity contribution in [2.75, 3.05) is 0 Å². The van der Waals surface area contributed by atoms with Crippen molar-refractivity contribution in [3.8, 4) is 0 Å². The third kappa shape index (κ3) is 2.28. The minimum Gasteiger partial charge on any atom is -0.341 e. The fraction of sp³-hybridized carbons (Fsp3) is 0.870. The number of carbonyl (C=O) groups is 1. The Morgan fingerprint density at radius 3 is 2.35 bits per heavy atom. The Morgan fingerprint density at radius 1 is 0.885 bits per heavy atom. The molecule has 144 valence electrons. The first-order valence-electron chi connectivity index (χ1n) is 10.9. The Morgan fingerprint density at radius 2 is 1.62 bits per heavy atom. The molecule has 0 amide bonds. The molecular formula is C23H34O3. The van der Waals surface area contributed by atoms with Crippen molar-refractivity contribution in [3.05, 3.63) is 13.2 Å². The van der Waals surface area contributed by atoms with Gasteiger partial charge in [-0.2, -0.15) is 0 Å². The number of fused-ring (bicyclic) bond motifs is 5. The van der Waals surface area contributed by atoms with Gasteiger partial charge < -0.3 is 9.47 Å². The van der Waals surface area contributed by atoms with E-state index >= 15 is 0 Å². The van der Waals surface area contributed by atoms with Crippen LogP contribution in [0.1, 0.15) is 78.6 Å². The van der Waals surface area contributed by atoms with Crippen LogP contribution in [0.4, 0.5) is 0 Å². The SMILES string of the molecule is CC(=O)[C@H]1CC[C@H]2[C@@H]3CCC4CC5(CC[C@]4(C)[C@H]3CC[C@]12C)O[CH][CH]O5. The van der Waals surface area contributed by atoms with Gasteiger partial charge in [0.2, 0.25) is 0 Å². The number of hydrogen-bond acceptors (Lipinski definition) is 3. The average Bonchev–Trinajstić information content (AvgIpc) is 3.20. The Balaban J connectivity index is 1.40. The molecule has 3 nitrogen and oxygen atoms in total. The molecular weight excluding hydrogens is 324 g/mol. The first-order chi connectivity index (χ1) is 12.4. The first kappa shape index (κ1) is 17.7. The number of rotatable bonds is 1. The summed E-state index contributed by atoms with van der Waals surface area (Å²) in [5.41, 5.74) is 0.701. The summed E-state index contributed by atoms with van der Waals surface area (Å²) in [4.78, 5) is 12.3. The maximum absolute atomic E-state index is 12.3. The number of carbonyl (C=O) groups excluding carboxylic acids is 1. The topological polar surface area (TPSA) is 35.5 Å². The van der Waals surface area contributed by atoms with E-state index in [-0.39, 0.29) is 11.2 Å². The van der Waals surface area contributed by atoms with Crippen molar-refractivity contribution in [1.82, 2.24) is 0 Å². The second kappa shape index (κ2) is 5.80. The second-order valence-electron chi connectivity index (χ2n) is 10.6. The lowest BCUT2D eigenvalue weighted by molar-refractivity contribution is -0.220. The number of ketones is 1. The Labute approximate surface area is 158 Å². The molecule has 0 bridgehead atoms. The fourth-order valence-corrected chi connectivity index (χ4v) is 8.41. The summed E-state index contributed by atoms with van der Waals surface area (Å²) >= 11 is 0. The quantitative estimate of drug-likeness (QED) is 0.638. The van der Waals surface area contributed by atoms with Crippen LogP contribution in [-0.2, 0) is 14.3 Å². The first-order valence-corrected chi connectivity index (χ1v) is 10.9. The van der Waals surface area contributed by atoms with E-state index in [0.717, 1.165) is 37.0 Å². The van der Waals surface area contributed by atoms with Crippen molar-refractivity contribution in [3.63, 3.8) is 0 Å². The molecule has 7 atom stereocenters. The molecule has 3 heteroatoms. The summed E-state index contributed by atoms with van der Waals surface area (Å²) in [6, 6.07) is 0. The van der Waals surface area contributed by atoms with E-state index in [1.165, 1.54) is 38.5 Å². The van der Waals surface area contributed by atoms with Crippen molar-refractivity contribution in [1.29, 1.82) is 0 Å². The van der Waals surface area contributed by atoms with Crippen LogP contribution < -0.4 is 0 Å². The number of Topliss-reactive ketones (excluding diaryl/α,β-unsaturated/α-hetero) is 1. The van der Waals surface area contributed by atoms with Gasteiger partial charge in [0, 0.05) is 18.8 Å². The summed E-state index contributed by atoms with van der Waals surface area (Å²) in [5, 5.41) is 0. The van der Waals surface area contributed by atoms with Gasteiger partial charge in [-0.3, -0.25) is 4.79 Å². The Bertz CT molecular complexity index is 594. The van der Waals surface area contributed by atoms with E-state index in [1.807, 2.05) is 6.92 Å². The molecule has 4 saturated carbocycles. The predicted octanol–water partition coefficient (Wildman–Crippen LogP) is 5.30. The maximum atomic E-state index is 12.3. The second-order valence-corrected chi connectivity index (χ2v) is 10.6. The van der Waals surface area contributed by atoms with Gasteiger partial charge in [0.05, 0.1) is 0 Å². The van der Waals surface area contributed by atoms with Gasteiger partial charge in [0.1, 0.15) is 19.0 Å². The van der Waals surface area contributed by atoms with Crippen LogP contribution in [0.25, 0.3) is 0 Å². The molecule has 26 heavy (non-hydrogen) atoms. The van der Waals surface area contributed by atoms with Crippen molar-refractivity contribution >= 4 is 5.78 Å². The molecule has 1 aliphatic heterocycles. The molecule has 1 spiro atoms. The standard InChI is InChI=1S/C23H34O3/c1-15(24)18-6-7-19-17-5-4-16-14-23(25-12-13-26-23)11-10-21(16,2)20(17)8-9-22(18,19)3/h12-13,16-20H,4-11,14H2,1-3H3/t16?,17-,18+,19-,20-,21-,22+/m0/s1. The summed E-state index contributed by atoms with van der Waals surface area (Å²) < 4.78 is 11.8. The maximum Gasteiger partial charge on any atom is 0.169 e. The van der Waals surface area contributed by atoms with Gasteiger partial charge in [0.15, 0.2) is 5.79 Å². The zero-order chi connectivity index (χ0) is 18.2. The molecule has 4 aliphatic carbocycles. The smallest absolute Gasteiger partial charge is 0.169 e. The normalized spacial score (nSPS) is 52.3. The fourth-order valence-electron chi connectivity index (χ4n) is 8.41. The summed E-state index contributed by atoms with van der Waals surface area (Å²) in [6.45, 7) is 10.3. The predicted molar refractivity (Wildman–Crippen MR) is 99.4 cm³/mol. The lowest BCUT2D eigenvalue weighted by Gasteiger charge is -2.61. The molecule has 0 aromatic carbocycles. The van der Waals surface area contributed by atoms with E-state index in [1.54, 1.807) is 13.2 Å². The third-order valence-corrected chi connectivity index (χ3v) is 9.78. The highest BCUT2D eigenvalue weighted by Gasteiger charge is 2.62. The summed E-state index contributed by atoms with van der Waals surface area (Å²) in [7, 11) is 0. The van der Waals surface area contributed by atoms with Crippen molar-refractivity contribution in [2.45, 2.75) is 84.3 Å². The number of ether oxygens (including phenoxy) is 2. The van der Waals surface area contributed by atoms with Gasteiger partial charge in [0.25, 0.3) is 0 Å². The molecule has 1 unspecified atom stereocenters. The number of hydrogen-bond donors (Lipinski definition) is 0. The Kier molecular flexibility index (Phi) is 3.94. The van der Waals surface area contributed by atoms with Gasteiger partial charge >= 0.3 is 0 Å². The van der Waals surface area contributed by atoms with Crippen LogP contribution >= 0.6 is 0 Å². The zero-order valence-corrected chi connectivity index (χ0v) is 16.6. The van der Waals surface area contributed by atoms with E-state index < -0.39 is 0 Å². The van der Waals surface area contributed by atoms with E-state index in [0.29, 0.717) is 23.0 Å². The van der Waals surface area contributed by atoms with Gasteiger partial charge in [-0.25, -0.2) is 0 Å². The lowest BCUT2D eigenvalue weighted by atomic mass is 9.44. The molecule has 0 N–H and O–H groups in total. The van der Waals surface area contributed by atoms with Gasteiger partial charge in [-0.1, -0.05) is 13.8 Å². The Hall–Kier alpha value is -0.410. The summed E-state index contributed by atoms with van der Waals surface area (Å²) in [5.74, 6) is 3.55. The van der Waals surface area contributed by atoms with Crippen LogP contribution in [0.5, 0.6) is 0 Å². The van der Waals surface area contributed by atoms with Crippen LogP contribution in [0.3, 0.4) is 0 Å². The minimum atomic E-state index is -0.354. The van der Waals surface area contributed by atoms with Crippen molar-refractivity contribution < 1.29 is 14.3 Å². The highest BCUT2D eigenvalue weighted by atomic mass is 16.7. The van der Waals surface area contributed by atoms with Crippen LogP contribution in [0, 0.1) is 53.6 Å². The molecule has 5 fully saturated rings. The van der Waals surface area contributed by atoms with Crippen LogP contribution in [0.15, 0.2) is 0 Å². The highest BCUT2D eigenvalue weighted by Crippen LogP contribution is 2.68. The molecule has 1 heterocycles. The van der Waals surface area contributed by atoms with Crippen LogP contribution in [-0.4, -0.2) is 11.6 Å². The highest BCUT2D eigenvalue weighted by molar-refractivity contribution is 5.79. The molecule has 0 aromatic heterocycles. The molecule has 2 radical (unpaired) electrons. The summed E-state index contributed by atoms with van der Waals surface area (Å²) in [6.07, 6.45) is 10.9.